The summed E-state index contributed by atoms with van der Waals surface area (Å²) in [7, 11) is 0. The van der Waals surface area contributed by atoms with Crippen LogP contribution in [0.5, 0.6) is 0 Å². The number of fused-ring (bicyclic) bond motifs is 1. The van der Waals surface area contributed by atoms with Crippen LogP contribution >= 0.6 is 0 Å². The lowest BCUT2D eigenvalue weighted by Crippen LogP contribution is -2.35. The van der Waals surface area contributed by atoms with Crippen molar-refractivity contribution in [1.29, 1.82) is 0 Å². The molecule has 1 aliphatic rings. The molecule has 96 valence electrons. The van der Waals surface area contributed by atoms with E-state index in [4.69, 9.17) is 5.73 Å². The van der Waals surface area contributed by atoms with Gasteiger partial charge in [-0.1, -0.05) is 18.2 Å². The lowest BCUT2D eigenvalue weighted by molar-refractivity contribution is 0.0981. The van der Waals surface area contributed by atoms with Crippen LogP contribution in [0.2, 0.25) is 0 Å². The van der Waals surface area contributed by atoms with Crippen molar-refractivity contribution in [3.63, 3.8) is 0 Å². The molecule has 3 rings (SSSR count). The molecule has 1 atom stereocenters. The summed E-state index contributed by atoms with van der Waals surface area (Å²) in [4.78, 5) is 14.5. The van der Waals surface area contributed by atoms with Gasteiger partial charge in [0.25, 0.3) is 5.91 Å². The summed E-state index contributed by atoms with van der Waals surface area (Å²) >= 11 is 0. The molecule has 0 fully saturated rings. The molecule has 3 heteroatoms. The highest BCUT2D eigenvalue weighted by atomic mass is 16.2. The third kappa shape index (κ3) is 1.97. The Morgan fingerprint density at radius 2 is 1.84 bits per heavy atom. The molecule has 1 amide bonds. The zero-order valence-electron chi connectivity index (χ0n) is 10.8. The molecular weight excluding hydrogens is 236 g/mol. The van der Waals surface area contributed by atoms with Crippen LogP contribution in [0.1, 0.15) is 22.8 Å². The maximum Gasteiger partial charge on any atom is 0.258 e. The zero-order chi connectivity index (χ0) is 13.4. The van der Waals surface area contributed by atoms with E-state index in [1.165, 1.54) is 5.56 Å². The third-order valence-corrected chi connectivity index (χ3v) is 3.58. The number of nitrogens with zero attached hydrogens (tertiary/aromatic N) is 1. The van der Waals surface area contributed by atoms with E-state index in [0.29, 0.717) is 11.3 Å². The minimum atomic E-state index is 0.0393. The highest BCUT2D eigenvalue weighted by molar-refractivity contribution is 6.07. The van der Waals surface area contributed by atoms with Gasteiger partial charge in [0.05, 0.1) is 0 Å². The van der Waals surface area contributed by atoms with Gasteiger partial charge >= 0.3 is 0 Å². The molecule has 1 unspecified atom stereocenters. The summed E-state index contributed by atoms with van der Waals surface area (Å²) < 4.78 is 0. The molecule has 0 saturated carbocycles. The van der Waals surface area contributed by atoms with Crippen LogP contribution in [-0.2, 0) is 6.42 Å². The van der Waals surface area contributed by atoms with E-state index in [-0.39, 0.29) is 11.9 Å². The Morgan fingerprint density at radius 1 is 1.16 bits per heavy atom. The van der Waals surface area contributed by atoms with Crippen LogP contribution in [0, 0.1) is 0 Å². The Bertz CT molecular complexity index is 619. The van der Waals surface area contributed by atoms with Crippen molar-refractivity contribution in [1.82, 2.24) is 0 Å². The van der Waals surface area contributed by atoms with Crippen LogP contribution in [0.25, 0.3) is 0 Å². The molecule has 0 bridgehead atoms. The van der Waals surface area contributed by atoms with Gasteiger partial charge < -0.3 is 10.6 Å². The summed E-state index contributed by atoms with van der Waals surface area (Å²) in [6.07, 6.45) is 0.914. The first kappa shape index (κ1) is 11.8. The van der Waals surface area contributed by atoms with Gasteiger partial charge in [0.2, 0.25) is 0 Å². The average Bonchev–Trinajstić information content (AvgIpc) is 2.74. The Balaban J connectivity index is 1.98. The molecule has 2 aromatic carbocycles. The zero-order valence-corrected chi connectivity index (χ0v) is 10.8. The number of carbonyl (C=O) groups is 1. The van der Waals surface area contributed by atoms with Crippen LogP contribution in [0.15, 0.2) is 48.5 Å². The first-order valence-corrected chi connectivity index (χ1v) is 6.44. The molecule has 3 nitrogen and oxygen atoms in total. The second kappa shape index (κ2) is 4.43. The van der Waals surface area contributed by atoms with Gasteiger partial charge in [-0.2, -0.15) is 0 Å². The highest BCUT2D eigenvalue weighted by Gasteiger charge is 2.30. The van der Waals surface area contributed by atoms with Crippen molar-refractivity contribution in [2.24, 2.45) is 0 Å². The van der Waals surface area contributed by atoms with Gasteiger partial charge in [-0.15, -0.1) is 0 Å². The normalized spacial score (nSPS) is 17.3. The molecule has 0 saturated heterocycles. The smallest absolute Gasteiger partial charge is 0.258 e. The van der Waals surface area contributed by atoms with Crippen molar-refractivity contribution in [3.8, 4) is 0 Å². The van der Waals surface area contributed by atoms with Gasteiger partial charge in [0.1, 0.15) is 0 Å². The number of hydrogen-bond donors (Lipinski definition) is 1. The van der Waals surface area contributed by atoms with E-state index in [0.717, 1.165) is 12.1 Å². The lowest BCUT2D eigenvalue weighted by atomic mass is 10.1. The van der Waals surface area contributed by atoms with Crippen molar-refractivity contribution >= 4 is 17.3 Å². The first-order valence-electron chi connectivity index (χ1n) is 6.44. The van der Waals surface area contributed by atoms with Crippen LogP contribution < -0.4 is 10.6 Å². The second-order valence-corrected chi connectivity index (χ2v) is 4.98. The quantitative estimate of drug-likeness (QED) is 0.793. The molecule has 0 aromatic heterocycles. The summed E-state index contributed by atoms with van der Waals surface area (Å²) in [5.41, 5.74) is 9.27. The molecule has 0 aliphatic carbocycles. The van der Waals surface area contributed by atoms with Crippen LogP contribution in [-0.4, -0.2) is 11.9 Å². The predicted octanol–water partition coefficient (Wildman–Crippen LogP) is 2.86. The van der Waals surface area contributed by atoms with Crippen LogP contribution in [0.3, 0.4) is 0 Å². The largest absolute Gasteiger partial charge is 0.399 e. The fraction of sp³-hybridized carbons (Fsp3) is 0.188. The molecule has 1 aliphatic heterocycles. The van der Waals surface area contributed by atoms with E-state index < -0.39 is 0 Å². The molecule has 19 heavy (non-hydrogen) atoms. The van der Waals surface area contributed by atoms with Gasteiger partial charge in [0.15, 0.2) is 0 Å². The Kier molecular flexibility index (Phi) is 2.75. The minimum absolute atomic E-state index is 0.0393. The molecule has 2 N–H and O–H groups in total. The van der Waals surface area contributed by atoms with E-state index in [2.05, 4.69) is 13.0 Å². The maximum atomic E-state index is 12.6. The fourth-order valence-corrected chi connectivity index (χ4v) is 2.64. The van der Waals surface area contributed by atoms with E-state index in [1.807, 2.05) is 23.1 Å². The molecule has 1 heterocycles. The number of nitrogens with two attached hydrogens (primary N) is 1. The number of anilines is 2. The fourth-order valence-electron chi connectivity index (χ4n) is 2.64. The van der Waals surface area contributed by atoms with Crippen molar-refractivity contribution in [2.75, 3.05) is 10.6 Å². The van der Waals surface area contributed by atoms with Crippen molar-refractivity contribution in [2.45, 2.75) is 19.4 Å². The SMILES string of the molecule is CC1Cc2ccccc2N1C(=O)c1ccc(N)cc1. The number of hydrogen-bond acceptors (Lipinski definition) is 2. The van der Waals surface area contributed by atoms with E-state index in [1.54, 1.807) is 24.3 Å². The van der Waals surface area contributed by atoms with E-state index in [9.17, 15) is 4.79 Å². The number of carbonyl (C=O) groups excluding carboxylic acids is 1. The Morgan fingerprint density at radius 3 is 2.58 bits per heavy atom. The number of amides is 1. The minimum Gasteiger partial charge on any atom is -0.399 e. The average molecular weight is 252 g/mol. The van der Waals surface area contributed by atoms with Crippen LogP contribution in [0.4, 0.5) is 11.4 Å². The Labute approximate surface area is 112 Å². The highest BCUT2D eigenvalue weighted by Crippen LogP contribution is 2.33. The first-order chi connectivity index (χ1) is 9.16. The summed E-state index contributed by atoms with van der Waals surface area (Å²) in [6.45, 7) is 2.08. The number of benzene rings is 2. The van der Waals surface area contributed by atoms with Gasteiger partial charge in [-0.05, 0) is 49.2 Å². The standard InChI is InChI=1S/C16H16N2O/c1-11-10-13-4-2-3-5-15(13)18(11)16(19)12-6-8-14(17)9-7-12/h2-9,11H,10,17H2,1H3. The predicted molar refractivity (Wildman–Crippen MR) is 77.3 cm³/mol. The molecule has 2 aromatic rings. The third-order valence-electron chi connectivity index (χ3n) is 3.58. The number of nitrogen functional groups attached to an aromatic ring is 1. The second-order valence-electron chi connectivity index (χ2n) is 4.98. The molecule has 0 radical (unpaired) electrons. The van der Waals surface area contributed by atoms with E-state index >= 15 is 0 Å². The maximum absolute atomic E-state index is 12.6. The van der Waals surface area contributed by atoms with Gasteiger partial charge in [0, 0.05) is 23.0 Å². The van der Waals surface area contributed by atoms with Crippen molar-refractivity contribution in [3.05, 3.63) is 59.7 Å². The van der Waals surface area contributed by atoms with Gasteiger partial charge in [-0.25, -0.2) is 0 Å². The number of para-hydroxylation sites is 1. The lowest BCUT2D eigenvalue weighted by Gasteiger charge is -2.22. The Hall–Kier alpha value is -2.29. The van der Waals surface area contributed by atoms with Gasteiger partial charge in [-0.3, -0.25) is 4.79 Å². The molecular formula is C16H16N2O. The number of rotatable bonds is 1. The topological polar surface area (TPSA) is 46.3 Å². The molecule has 0 spiro atoms. The summed E-state index contributed by atoms with van der Waals surface area (Å²) in [5, 5.41) is 0. The summed E-state index contributed by atoms with van der Waals surface area (Å²) in [5.74, 6) is 0.0393. The summed E-state index contributed by atoms with van der Waals surface area (Å²) in [6, 6.07) is 15.4. The monoisotopic (exact) mass is 252 g/mol. The van der Waals surface area contributed by atoms with Crippen molar-refractivity contribution < 1.29 is 4.79 Å².